The fourth-order valence-electron chi connectivity index (χ4n) is 1.48. The normalized spacial score (nSPS) is 12.9. The lowest BCUT2D eigenvalue weighted by Gasteiger charge is -2.19. The van der Waals surface area contributed by atoms with Gasteiger partial charge >= 0.3 is 0 Å². The first-order chi connectivity index (χ1) is 7.41. The molecule has 4 heteroatoms. The third-order valence-corrected chi connectivity index (χ3v) is 2.58. The molecule has 16 heavy (non-hydrogen) atoms. The molecule has 0 aliphatic rings. The van der Waals surface area contributed by atoms with Gasteiger partial charge in [-0.05, 0) is 37.4 Å². The molecule has 0 bridgehead atoms. The minimum atomic E-state index is -0.365. The molecule has 0 aliphatic carbocycles. The van der Waals surface area contributed by atoms with Crippen LogP contribution in [-0.2, 0) is 0 Å². The van der Waals surface area contributed by atoms with Crippen molar-refractivity contribution in [2.75, 3.05) is 20.6 Å². The van der Waals surface area contributed by atoms with Gasteiger partial charge in [-0.15, -0.1) is 0 Å². The van der Waals surface area contributed by atoms with Crippen LogP contribution in [0.3, 0.4) is 0 Å². The van der Waals surface area contributed by atoms with Crippen molar-refractivity contribution in [2.45, 2.75) is 6.04 Å². The first kappa shape index (κ1) is 13.2. The van der Waals surface area contributed by atoms with Gasteiger partial charge in [-0.25, -0.2) is 4.39 Å². The summed E-state index contributed by atoms with van der Waals surface area (Å²) in [6, 6.07) is 3.85. The molecule has 88 valence electrons. The zero-order chi connectivity index (χ0) is 12.3. The number of rotatable bonds is 4. The predicted molar refractivity (Wildman–Crippen MR) is 66.0 cm³/mol. The standard InChI is InChI=1S/C12H16ClFN2/c1-8(7-16(2)3)12(15)10-5-4-9(14)6-11(10)13/h4-6,12H,1,7,15H2,2-3H3. The molecule has 0 amide bonds. The van der Waals surface area contributed by atoms with Crippen molar-refractivity contribution in [3.8, 4) is 0 Å². The van der Waals surface area contributed by atoms with Crippen LogP contribution in [0.1, 0.15) is 11.6 Å². The molecule has 1 aromatic carbocycles. The number of nitrogens with two attached hydrogens (primary N) is 1. The molecule has 1 rings (SSSR count). The first-order valence-electron chi connectivity index (χ1n) is 4.94. The Kier molecular flexibility index (Phi) is 4.47. The lowest BCUT2D eigenvalue weighted by atomic mass is 10.0. The minimum Gasteiger partial charge on any atom is -0.320 e. The largest absolute Gasteiger partial charge is 0.320 e. The van der Waals surface area contributed by atoms with E-state index in [9.17, 15) is 4.39 Å². The Balaban J connectivity index is 2.87. The van der Waals surface area contributed by atoms with Gasteiger partial charge in [0.25, 0.3) is 0 Å². The molecule has 0 heterocycles. The van der Waals surface area contributed by atoms with E-state index < -0.39 is 0 Å². The highest BCUT2D eigenvalue weighted by Gasteiger charge is 2.14. The maximum Gasteiger partial charge on any atom is 0.124 e. The van der Waals surface area contributed by atoms with Crippen LogP contribution < -0.4 is 5.73 Å². The third-order valence-electron chi connectivity index (χ3n) is 2.26. The van der Waals surface area contributed by atoms with Gasteiger partial charge in [0, 0.05) is 11.6 Å². The van der Waals surface area contributed by atoms with E-state index in [-0.39, 0.29) is 11.9 Å². The van der Waals surface area contributed by atoms with Gasteiger partial charge in [0.05, 0.1) is 6.04 Å². The molecule has 2 N–H and O–H groups in total. The summed E-state index contributed by atoms with van der Waals surface area (Å²) in [4.78, 5) is 1.97. The molecule has 0 saturated heterocycles. The van der Waals surface area contributed by atoms with Crippen molar-refractivity contribution in [1.82, 2.24) is 4.90 Å². The van der Waals surface area contributed by atoms with Crippen LogP contribution in [0, 0.1) is 5.82 Å². The average molecular weight is 243 g/mol. The van der Waals surface area contributed by atoms with Gasteiger partial charge in [-0.3, -0.25) is 0 Å². The van der Waals surface area contributed by atoms with Crippen molar-refractivity contribution in [2.24, 2.45) is 5.73 Å². The molecule has 2 nitrogen and oxygen atoms in total. The van der Waals surface area contributed by atoms with Crippen molar-refractivity contribution < 1.29 is 4.39 Å². The molecule has 0 aromatic heterocycles. The molecule has 0 fully saturated rings. The second-order valence-electron chi connectivity index (χ2n) is 4.04. The van der Waals surface area contributed by atoms with Crippen molar-refractivity contribution >= 4 is 11.6 Å². The molecular weight excluding hydrogens is 227 g/mol. The van der Waals surface area contributed by atoms with Gasteiger partial charge in [0.2, 0.25) is 0 Å². The summed E-state index contributed by atoms with van der Waals surface area (Å²) in [5.41, 5.74) is 7.55. The predicted octanol–water partition coefficient (Wildman–Crippen LogP) is 2.60. The third kappa shape index (κ3) is 3.30. The second-order valence-corrected chi connectivity index (χ2v) is 4.45. The maximum atomic E-state index is 12.9. The minimum absolute atomic E-state index is 0.340. The zero-order valence-corrected chi connectivity index (χ0v) is 10.3. The Bertz CT molecular complexity index is 391. The summed E-state index contributed by atoms with van der Waals surface area (Å²) in [7, 11) is 3.87. The lowest BCUT2D eigenvalue weighted by Crippen LogP contribution is -2.23. The van der Waals surface area contributed by atoms with Gasteiger partial charge < -0.3 is 10.6 Å². The number of hydrogen-bond donors (Lipinski definition) is 1. The number of benzene rings is 1. The number of hydrogen-bond acceptors (Lipinski definition) is 2. The SMILES string of the molecule is C=C(CN(C)C)C(N)c1ccc(F)cc1Cl. The van der Waals surface area contributed by atoms with Gasteiger partial charge in [-0.1, -0.05) is 24.2 Å². The Morgan fingerprint density at radius 1 is 1.56 bits per heavy atom. The van der Waals surface area contributed by atoms with E-state index in [4.69, 9.17) is 17.3 Å². The van der Waals surface area contributed by atoms with Crippen LogP contribution in [0.4, 0.5) is 4.39 Å². The summed E-state index contributed by atoms with van der Waals surface area (Å²) >= 11 is 5.93. The topological polar surface area (TPSA) is 29.3 Å². The highest BCUT2D eigenvalue weighted by Crippen LogP contribution is 2.26. The van der Waals surface area contributed by atoms with E-state index >= 15 is 0 Å². The van der Waals surface area contributed by atoms with E-state index in [1.54, 1.807) is 6.07 Å². The van der Waals surface area contributed by atoms with Crippen LogP contribution in [-0.4, -0.2) is 25.5 Å². The smallest absolute Gasteiger partial charge is 0.124 e. The Morgan fingerprint density at radius 2 is 2.19 bits per heavy atom. The highest BCUT2D eigenvalue weighted by molar-refractivity contribution is 6.31. The fourth-order valence-corrected chi connectivity index (χ4v) is 1.76. The van der Waals surface area contributed by atoms with Crippen LogP contribution in [0.25, 0.3) is 0 Å². The first-order valence-corrected chi connectivity index (χ1v) is 5.32. The molecule has 0 spiro atoms. The van der Waals surface area contributed by atoms with Crippen LogP contribution in [0.2, 0.25) is 5.02 Å². The second kappa shape index (κ2) is 5.43. The number of halogens is 2. The summed E-state index contributed by atoms with van der Waals surface area (Å²) in [6.07, 6.45) is 0. The van der Waals surface area contributed by atoms with Gasteiger partial charge in [0.1, 0.15) is 5.82 Å². The molecule has 0 radical (unpaired) electrons. The summed E-state index contributed by atoms with van der Waals surface area (Å²) in [5.74, 6) is -0.362. The quantitative estimate of drug-likeness (QED) is 0.823. The average Bonchev–Trinajstić information content (AvgIpc) is 2.15. The molecular formula is C12H16ClFN2. The summed E-state index contributed by atoms with van der Waals surface area (Å²) in [6.45, 7) is 4.59. The van der Waals surface area contributed by atoms with Crippen LogP contribution in [0.15, 0.2) is 30.4 Å². The number of likely N-dealkylation sites (N-methyl/N-ethyl adjacent to an activating group) is 1. The highest BCUT2D eigenvalue weighted by atomic mass is 35.5. The Labute approximate surface area is 100 Å². The monoisotopic (exact) mass is 242 g/mol. The van der Waals surface area contributed by atoms with Crippen LogP contribution in [0.5, 0.6) is 0 Å². The molecule has 0 saturated carbocycles. The maximum absolute atomic E-state index is 12.9. The fraction of sp³-hybridized carbons (Fsp3) is 0.333. The van der Waals surface area contributed by atoms with Crippen molar-refractivity contribution in [3.05, 3.63) is 46.8 Å². The number of nitrogens with zero attached hydrogens (tertiary/aromatic N) is 1. The van der Waals surface area contributed by atoms with Gasteiger partial charge in [-0.2, -0.15) is 0 Å². The van der Waals surface area contributed by atoms with Crippen molar-refractivity contribution in [3.63, 3.8) is 0 Å². The molecule has 0 aliphatic heterocycles. The van der Waals surface area contributed by atoms with Crippen molar-refractivity contribution in [1.29, 1.82) is 0 Å². The van der Waals surface area contributed by atoms with E-state index in [1.165, 1.54) is 12.1 Å². The van der Waals surface area contributed by atoms with Crippen LogP contribution >= 0.6 is 11.6 Å². The van der Waals surface area contributed by atoms with E-state index in [0.29, 0.717) is 17.1 Å². The summed E-state index contributed by atoms with van der Waals surface area (Å²) in [5, 5.41) is 0.340. The zero-order valence-electron chi connectivity index (χ0n) is 9.50. The molecule has 1 aromatic rings. The van der Waals surface area contributed by atoms with E-state index in [0.717, 1.165) is 5.57 Å². The molecule has 1 atom stereocenters. The summed E-state index contributed by atoms with van der Waals surface area (Å²) < 4.78 is 12.9. The Morgan fingerprint density at radius 3 is 2.69 bits per heavy atom. The Hall–Kier alpha value is -0.900. The lowest BCUT2D eigenvalue weighted by molar-refractivity contribution is 0.434. The van der Waals surface area contributed by atoms with Gasteiger partial charge in [0.15, 0.2) is 0 Å². The van der Waals surface area contributed by atoms with E-state index in [2.05, 4.69) is 6.58 Å². The molecule has 1 unspecified atom stereocenters. The van der Waals surface area contributed by atoms with E-state index in [1.807, 2.05) is 19.0 Å².